The van der Waals surface area contributed by atoms with Gasteiger partial charge in [0.2, 0.25) is 0 Å². The molecule has 14 heavy (non-hydrogen) atoms. The Morgan fingerprint density at radius 3 is 2.21 bits per heavy atom. The van der Waals surface area contributed by atoms with E-state index >= 15 is 0 Å². The topological polar surface area (TPSA) is 110 Å². The van der Waals surface area contributed by atoms with Gasteiger partial charge < -0.3 is 10.3 Å². The summed E-state index contributed by atoms with van der Waals surface area (Å²) in [6, 6.07) is 5.48. The van der Waals surface area contributed by atoms with Crippen LogP contribution in [0.5, 0.6) is 0 Å². The minimum Gasteiger partial charge on any atom is -0.399 e. The summed E-state index contributed by atoms with van der Waals surface area (Å²) in [6.45, 7) is 0. The SMILES string of the molecule is Nc1ccc(C(=O)OP(=O)(O)O)cc1. The van der Waals surface area contributed by atoms with Crippen LogP contribution in [-0.2, 0) is 9.09 Å². The average molecular weight is 217 g/mol. The third kappa shape index (κ3) is 3.18. The lowest BCUT2D eigenvalue weighted by atomic mass is 10.2. The molecule has 1 rings (SSSR count). The van der Waals surface area contributed by atoms with Crippen LogP contribution in [0.15, 0.2) is 24.3 Å². The molecule has 0 bridgehead atoms. The van der Waals surface area contributed by atoms with E-state index in [9.17, 15) is 9.36 Å². The van der Waals surface area contributed by atoms with Crippen LogP contribution >= 0.6 is 7.82 Å². The molecule has 0 saturated carbocycles. The molecule has 0 spiro atoms. The fourth-order valence-electron chi connectivity index (χ4n) is 0.780. The second-order valence-corrected chi connectivity index (χ2v) is 3.66. The predicted octanol–water partition coefficient (Wildman–Crippen LogP) is 0.518. The zero-order chi connectivity index (χ0) is 10.8. The summed E-state index contributed by atoms with van der Waals surface area (Å²) in [5, 5.41) is 0. The number of hydrogen-bond donors (Lipinski definition) is 3. The molecule has 0 heterocycles. The standard InChI is InChI=1S/C7H8NO5P/c8-6-3-1-5(2-4-6)7(9)13-14(10,11)12/h1-4H,8H2,(H2,10,11,12). The van der Waals surface area contributed by atoms with Gasteiger partial charge in [-0.2, -0.15) is 0 Å². The molecule has 7 heteroatoms. The van der Waals surface area contributed by atoms with E-state index in [2.05, 4.69) is 4.52 Å². The summed E-state index contributed by atoms with van der Waals surface area (Å²) in [7, 11) is -4.78. The Balaban J connectivity index is 2.81. The zero-order valence-electron chi connectivity index (χ0n) is 6.95. The molecule has 0 atom stereocenters. The molecule has 0 aromatic heterocycles. The number of carbonyl (C=O) groups is 1. The minimum absolute atomic E-state index is 0.0301. The molecule has 0 aliphatic rings. The highest BCUT2D eigenvalue weighted by molar-refractivity contribution is 7.46. The highest BCUT2D eigenvalue weighted by Crippen LogP contribution is 2.36. The molecule has 0 aliphatic carbocycles. The maximum absolute atomic E-state index is 11.0. The molecule has 6 nitrogen and oxygen atoms in total. The van der Waals surface area contributed by atoms with Crippen molar-refractivity contribution in [3.05, 3.63) is 29.8 Å². The Labute approximate surface area is 79.5 Å². The van der Waals surface area contributed by atoms with Gasteiger partial charge in [0.1, 0.15) is 0 Å². The Morgan fingerprint density at radius 2 is 1.79 bits per heavy atom. The van der Waals surface area contributed by atoms with E-state index in [-0.39, 0.29) is 5.56 Å². The summed E-state index contributed by atoms with van der Waals surface area (Å²) in [5.41, 5.74) is 5.82. The maximum atomic E-state index is 11.0. The number of carbonyl (C=O) groups excluding carboxylic acids is 1. The lowest BCUT2D eigenvalue weighted by Crippen LogP contribution is -2.03. The van der Waals surface area contributed by atoms with Crippen molar-refractivity contribution in [2.75, 3.05) is 5.73 Å². The first kappa shape index (κ1) is 10.7. The first-order valence-corrected chi connectivity index (χ1v) is 5.06. The van der Waals surface area contributed by atoms with Crippen molar-refractivity contribution in [2.45, 2.75) is 0 Å². The summed E-state index contributed by atoms with van der Waals surface area (Å²) < 4.78 is 14.2. The van der Waals surface area contributed by atoms with Crippen molar-refractivity contribution in [1.82, 2.24) is 0 Å². The third-order valence-electron chi connectivity index (χ3n) is 1.35. The molecule has 0 radical (unpaired) electrons. The first-order valence-electron chi connectivity index (χ1n) is 3.53. The van der Waals surface area contributed by atoms with Crippen LogP contribution < -0.4 is 5.73 Å². The summed E-state index contributed by atoms with van der Waals surface area (Å²) in [6.07, 6.45) is 0. The van der Waals surface area contributed by atoms with Crippen molar-refractivity contribution < 1.29 is 23.7 Å². The van der Waals surface area contributed by atoms with Crippen LogP contribution in [0.3, 0.4) is 0 Å². The fourth-order valence-corrected chi connectivity index (χ4v) is 1.10. The molecule has 1 aromatic carbocycles. The number of rotatable bonds is 2. The van der Waals surface area contributed by atoms with Gasteiger partial charge in [-0.15, -0.1) is 0 Å². The Morgan fingerprint density at radius 1 is 1.29 bits per heavy atom. The second kappa shape index (κ2) is 3.79. The molecule has 76 valence electrons. The van der Waals surface area contributed by atoms with E-state index in [4.69, 9.17) is 15.5 Å². The number of nitrogens with two attached hydrogens (primary N) is 1. The van der Waals surface area contributed by atoms with Crippen LogP contribution in [0.1, 0.15) is 10.4 Å². The van der Waals surface area contributed by atoms with Crippen molar-refractivity contribution in [3.63, 3.8) is 0 Å². The zero-order valence-corrected chi connectivity index (χ0v) is 7.85. The number of benzene rings is 1. The van der Waals surface area contributed by atoms with Crippen LogP contribution in [0, 0.1) is 0 Å². The average Bonchev–Trinajstić information content (AvgIpc) is 2.02. The number of nitrogen functional groups attached to an aromatic ring is 1. The molecule has 0 saturated heterocycles. The predicted molar refractivity (Wildman–Crippen MR) is 48.3 cm³/mol. The Bertz CT molecular complexity index is 382. The summed E-state index contributed by atoms with van der Waals surface area (Å²) >= 11 is 0. The normalized spacial score (nSPS) is 11.0. The van der Waals surface area contributed by atoms with E-state index in [0.717, 1.165) is 0 Å². The van der Waals surface area contributed by atoms with E-state index in [1.54, 1.807) is 0 Å². The molecule has 4 N–H and O–H groups in total. The monoisotopic (exact) mass is 217 g/mol. The lowest BCUT2D eigenvalue weighted by molar-refractivity contribution is 0.0678. The van der Waals surface area contributed by atoms with Crippen LogP contribution in [0.2, 0.25) is 0 Å². The van der Waals surface area contributed by atoms with Gasteiger partial charge in [0.25, 0.3) is 0 Å². The smallest absolute Gasteiger partial charge is 0.399 e. The lowest BCUT2D eigenvalue weighted by Gasteiger charge is -2.04. The van der Waals surface area contributed by atoms with Gasteiger partial charge in [0.05, 0.1) is 5.56 Å². The fraction of sp³-hybridized carbons (Fsp3) is 0. The van der Waals surface area contributed by atoms with Crippen molar-refractivity contribution in [1.29, 1.82) is 0 Å². The highest BCUT2D eigenvalue weighted by Gasteiger charge is 2.21. The van der Waals surface area contributed by atoms with Gasteiger partial charge >= 0.3 is 13.8 Å². The summed E-state index contributed by atoms with van der Waals surface area (Å²) in [5.74, 6) is -1.08. The Kier molecular flexibility index (Phi) is 2.90. The largest absolute Gasteiger partial charge is 0.527 e. The van der Waals surface area contributed by atoms with Crippen LogP contribution in [0.4, 0.5) is 5.69 Å². The molecule has 0 fully saturated rings. The van der Waals surface area contributed by atoms with E-state index in [1.807, 2.05) is 0 Å². The first-order chi connectivity index (χ1) is 6.38. The van der Waals surface area contributed by atoms with Gasteiger partial charge in [-0.25, -0.2) is 9.36 Å². The maximum Gasteiger partial charge on any atom is 0.527 e. The summed E-state index contributed by atoms with van der Waals surface area (Å²) in [4.78, 5) is 27.7. The molecule has 0 aliphatic heterocycles. The third-order valence-corrected chi connectivity index (χ3v) is 1.75. The molecule has 0 unspecified atom stereocenters. The van der Waals surface area contributed by atoms with E-state index < -0.39 is 13.8 Å². The molecule has 0 amide bonds. The minimum atomic E-state index is -4.78. The number of hydrogen-bond acceptors (Lipinski definition) is 4. The van der Waals surface area contributed by atoms with E-state index in [0.29, 0.717) is 5.69 Å². The van der Waals surface area contributed by atoms with Crippen LogP contribution in [-0.4, -0.2) is 15.8 Å². The van der Waals surface area contributed by atoms with Crippen molar-refractivity contribution in [3.8, 4) is 0 Å². The molecular weight excluding hydrogens is 209 g/mol. The van der Waals surface area contributed by atoms with Gasteiger partial charge in [0.15, 0.2) is 0 Å². The van der Waals surface area contributed by atoms with Gasteiger partial charge in [0, 0.05) is 5.69 Å². The van der Waals surface area contributed by atoms with Crippen molar-refractivity contribution in [2.24, 2.45) is 0 Å². The highest BCUT2D eigenvalue weighted by atomic mass is 31.2. The quantitative estimate of drug-likeness (QED) is 0.492. The molecular formula is C7H8NO5P. The molecule has 1 aromatic rings. The van der Waals surface area contributed by atoms with Crippen LogP contribution in [0.25, 0.3) is 0 Å². The number of anilines is 1. The van der Waals surface area contributed by atoms with E-state index in [1.165, 1.54) is 24.3 Å². The Hall–Kier alpha value is -1.36. The van der Waals surface area contributed by atoms with Gasteiger partial charge in [-0.05, 0) is 24.3 Å². The second-order valence-electron chi connectivity index (χ2n) is 2.49. The number of phosphoric ester groups is 1. The van der Waals surface area contributed by atoms with Gasteiger partial charge in [-0.3, -0.25) is 9.79 Å². The van der Waals surface area contributed by atoms with Gasteiger partial charge in [-0.1, -0.05) is 0 Å². The number of phosphoric acid groups is 1. The van der Waals surface area contributed by atoms with Crippen molar-refractivity contribution >= 4 is 19.5 Å².